The monoisotopic (exact) mass is 285 g/mol. The largest absolute Gasteiger partial charge is 0.419 e. The Bertz CT molecular complexity index is 620. The van der Waals surface area contributed by atoms with Crippen LogP contribution in [0.25, 0.3) is 0 Å². The molecule has 0 unspecified atom stereocenters. The summed E-state index contributed by atoms with van der Waals surface area (Å²) in [6.45, 7) is 1.50. The van der Waals surface area contributed by atoms with Crippen LogP contribution in [0.2, 0.25) is 0 Å². The quantitative estimate of drug-likeness (QED) is 0.635. The van der Waals surface area contributed by atoms with Gasteiger partial charge in [0.15, 0.2) is 11.6 Å². The highest BCUT2D eigenvalue weighted by atomic mass is 19.1. The molecule has 1 aromatic carbocycles. The topological polar surface area (TPSA) is 57.0 Å². The first-order chi connectivity index (χ1) is 9.49. The molecule has 0 bridgehead atoms. The third-order valence-electron chi connectivity index (χ3n) is 2.42. The van der Waals surface area contributed by atoms with Crippen molar-refractivity contribution in [3.05, 3.63) is 41.5 Å². The van der Waals surface area contributed by atoms with Crippen molar-refractivity contribution >= 4 is 5.97 Å². The zero-order valence-electron chi connectivity index (χ0n) is 10.4. The zero-order valence-corrected chi connectivity index (χ0v) is 10.4. The number of benzene rings is 1. The highest BCUT2D eigenvalue weighted by Gasteiger charge is 2.17. The van der Waals surface area contributed by atoms with E-state index in [0.717, 1.165) is 0 Å². The Kier molecular flexibility index (Phi) is 4.02. The lowest BCUT2D eigenvalue weighted by atomic mass is 10.3. The predicted molar refractivity (Wildman–Crippen MR) is 61.4 cm³/mol. The van der Waals surface area contributed by atoms with E-state index in [0.29, 0.717) is 24.2 Å². The molecule has 0 aliphatic heterocycles. The molecule has 1 aromatic heterocycles. The first kappa shape index (κ1) is 14.0. The fourth-order valence-electron chi connectivity index (χ4n) is 1.48. The van der Waals surface area contributed by atoms with E-state index >= 15 is 0 Å². The maximum Gasteiger partial charge on any atom is 0.333 e. The molecule has 0 aliphatic rings. The van der Waals surface area contributed by atoms with Gasteiger partial charge in [0.1, 0.15) is 12.4 Å². The number of halogens is 3. The van der Waals surface area contributed by atoms with Crippen LogP contribution in [0.3, 0.4) is 0 Å². The van der Waals surface area contributed by atoms with Gasteiger partial charge in [0.25, 0.3) is 0 Å². The fourth-order valence-corrected chi connectivity index (χ4v) is 1.48. The summed E-state index contributed by atoms with van der Waals surface area (Å²) in [5, 5.41) is 7.39. The second-order valence-electron chi connectivity index (χ2n) is 3.93. The highest BCUT2D eigenvalue weighted by molar-refractivity contribution is 5.72. The van der Waals surface area contributed by atoms with Crippen LogP contribution in [-0.4, -0.2) is 21.0 Å². The van der Waals surface area contributed by atoms with E-state index in [9.17, 15) is 18.0 Å². The van der Waals surface area contributed by atoms with Crippen LogP contribution in [0.1, 0.15) is 12.6 Å². The Morgan fingerprint density at radius 1 is 1.30 bits per heavy atom. The molecule has 0 radical (unpaired) electrons. The second-order valence-corrected chi connectivity index (χ2v) is 3.93. The molecular weight excluding hydrogens is 275 g/mol. The summed E-state index contributed by atoms with van der Waals surface area (Å²) in [5.41, 5.74) is 0.664. The average molecular weight is 285 g/mol. The molecular formula is C12H10F3N3O2. The number of aromatic nitrogens is 3. The molecule has 20 heavy (non-hydrogen) atoms. The molecule has 0 amide bonds. The lowest BCUT2D eigenvalue weighted by Gasteiger charge is -2.06. The Morgan fingerprint density at radius 2 is 1.95 bits per heavy atom. The van der Waals surface area contributed by atoms with Gasteiger partial charge in [0.05, 0.1) is 5.69 Å². The second kappa shape index (κ2) is 5.72. The van der Waals surface area contributed by atoms with Gasteiger partial charge in [0.2, 0.25) is 5.75 Å². The molecule has 5 nitrogen and oxygen atoms in total. The summed E-state index contributed by atoms with van der Waals surface area (Å²) in [6.07, 6.45) is 2.15. The normalized spacial score (nSPS) is 10.6. The molecule has 1 heterocycles. The third kappa shape index (κ3) is 3.14. The summed E-state index contributed by atoms with van der Waals surface area (Å²) < 4.78 is 45.0. The number of nitrogens with zero attached hydrogens (tertiary/aromatic N) is 3. The molecule has 0 fully saturated rings. The van der Waals surface area contributed by atoms with E-state index in [1.165, 1.54) is 10.9 Å². The molecule has 0 aliphatic carbocycles. The Morgan fingerprint density at radius 3 is 2.50 bits per heavy atom. The van der Waals surface area contributed by atoms with E-state index in [-0.39, 0.29) is 6.54 Å². The molecule has 0 atom stereocenters. The smallest absolute Gasteiger partial charge is 0.333 e. The van der Waals surface area contributed by atoms with E-state index in [1.54, 1.807) is 0 Å². The minimum atomic E-state index is -1.29. The molecule has 2 rings (SSSR count). The van der Waals surface area contributed by atoms with Crippen LogP contribution in [0.4, 0.5) is 13.2 Å². The molecule has 0 N–H and O–H groups in total. The van der Waals surface area contributed by atoms with Crippen molar-refractivity contribution in [2.75, 3.05) is 0 Å². The van der Waals surface area contributed by atoms with Crippen molar-refractivity contribution in [2.45, 2.75) is 19.9 Å². The van der Waals surface area contributed by atoms with Crippen molar-refractivity contribution in [1.29, 1.82) is 0 Å². The first-order valence-corrected chi connectivity index (χ1v) is 5.73. The Balaban J connectivity index is 2.08. The summed E-state index contributed by atoms with van der Waals surface area (Å²) in [4.78, 5) is 11.5. The molecule has 8 heteroatoms. The molecule has 0 spiro atoms. The van der Waals surface area contributed by atoms with E-state index in [2.05, 4.69) is 15.0 Å². The van der Waals surface area contributed by atoms with Crippen LogP contribution in [0.15, 0.2) is 18.3 Å². The standard InChI is InChI=1S/C12H10F3N3O2/c1-2-8-5-18(17-16-8)6-11(19)20-12-9(14)3-7(13)4-10(12)15/h3-5H,2,6H2,1H3. The number of hydrogen-bond donors (Lipinski definition) is 0. The van der Waals surface area contributed by atoms with E-state index < -0.39 is 29.2 Å². The number of carbonyl (C=O) groups is 1. The van der Waals surface area contributed by atoms with E-state index in [4.69, 9.17) is 0 Å². The van der Waals surface area contributed by atoms with E-state index in [1.807, 2.05) is 6.92 Å². The third-order valence-corrected chi connectivity index (χ3v) is 2.42. The predicted octanol–water partition coefficient (Wildman–Crippen LogP) is 1.86. The number of hydrogen-bond acceptors (Lipinski definition) is 4. The van der Waals surface area contributed by atoms with Gasteiger partial charge in [-0.15, -0.1) is 5.10 Å². The minimum Gasteiger partial charge on any atom is -0.419 e. The van der Waals surface area contributed by atoms with Crippen molar-refractivity contribution < 1.29 is 22.7 Å². The van der Waals surface area contributed by atoms with Gasteiger partial charge in [-0.1, -0.05) is 12.1 Å². The average Bonchev–Trinajstić information content (AvgIpc) is 2.81. The maximum atomic E-state index is 13.3. The minimum absolute atomic E-state index is 0.358. The number of ether oxygens (including phenoxy) is 1. The van der Waals surface area contributed by atoms with Crippen molar-refractivity contribution in [3.8, 4) is 5.75 Å². The highest BCUT2D eigenvalue weighted by Crippen LogP contribution is 2.22. The zero-order chi connectivity index (χ0) is 14.7. The van der Waals surface area contributed by atoms with Crippen molar-refractivity contribution in [1.82, 2.24) is 15.0 Å². The molecule has 106 valence electrons. The number of rotatable bonds is 4. The van der Waals surface area contributed by atoms with Crippen LogP contribution < -0.4 is 4.74 Å². The van der Waals surface area contributed by atoms with Gasteiger partial charge in [-0.25, -0.2) is 22.6 Å². The molecule has 0 saturated carbocycles. The van der Waals surface area contributed by atoms with Gasteiger partial charge in [-0.2, -0.15) is 0 Å². The Labute approximate surface area is 112 Å². The van der Waals surface area contributed by atoms with Crippen molar-refractivity contribution in [2.24, 2.45) is 0 Å². The van der Waals surface area contributed by atoms with Crippen LogP contribution >= 0.6 is 0 Å². The van der Waals surface area contributed by atoms with Gasteiger partial charge in [-0.05, 0) is 6.42 Å². The summed E-state index contributed by atoms with van der Waals surface area (Å²) in [7, 11) is 0. The summed E-state index contributed by atoms with van der Waals surface area (Å²) in [5.74, 6) is -5.55. The maximum absolute atomic E-state index is 13.3. The first-order valence-electron chi connectivity index (χ1n) is 5.73. The summed E-state index contributed by atoms with van der Waals surface area (Å²) in [6, 6.07) is 0.854. The SMILES string of the molecule is CCc1cn(CC(=O)Oc2c(F)cc(F)cc2F)nn1. The molecule has 0 saturated heterocycles. The van der Waals surface area contributed by atoms with Crippen LogP contribution in [0.5, 0.6) is 5.75 Å². The van der Waals surface area contributed by atoms with Crippen LogP contribution in [0, 0.1) is 17.5 Å². The van der Waals surface area contributed by atoms with Gasteiger partial charge in [0, 0.05) is 18.3 Å². The van der Waals surface area contributed by atoms with Crippen molar-refractivity contribution in [3.63, 3.8) is 0 Å². The van der Waals surface area contributed by atoms with Gasteiger partial charge < -0.3 is 4.74 Å². The van der Waals surface area contributed by atoms with Crippen LogP contribution in [-0.2, 0) is 17.8 Å². The number of carbonyl (C=O) groups excluding carboxylic acids is 1. The lowest BCUT2D eigenvalue weighted by Crippen LogP contribution is -2.18. The Hall–Kier alpha value is -2.38. The number of esters is 1. The fraction of sp³-hybridized carbons (Fsp3) is 0.250. The number of aryl methyl sites for hydroxylation is 1. The van der Waals surface area contributed by atoms with Gasteiger partial charge >= 0.3 is 5.97 Å². The molecule has 2 aromatic rings. The summed E-state index contributed by atoms with van der Waals surface area (Å²) >= 11 is 0. The van der Waals surface area contributed by atoms with Gasteiger partial charge in [-0.3, -0.25) is 0 Å². The lowest BCUT2D eigenvalue weighted by molar-refractivity contribution is -0.135.